The number of hydrogen-bond acceptors (Lipinski definition) is 7. The summed E-state index contributed by atoms with van der Waals surface area (Å²) in [4.78, 5) is 40.8. The molecular weight excluding hydrogens is 457 g/mol. The minimum Gasteiger partial charge on any atom is -0.497 e. The van der Waals surface area contributed by atoms with E-state index in [1.165, 1.54) is 12.1 Å². The number of hydrazone groups is 1. The van der Waals surface area contributed by atoms with Crippen LogP contribution in [0.25, 0.3) is 0 Å². The number of likely N-dealkylation sites (tertiary alicyclic amines) is 1. The van der Waals surface area contributed by atoms with Crippen molar-refractivity contribution in [1.82, 2.24) is 10.3 Å². The van der Waals surface area contributed by atoms with Gasteiger partial charge in [0, 0.05) is 0 Å². The van der Waals surface area contributed by atoms with Crippen molar-refractivity contribution in [2.75, 3.05) is 13.7 Å². The van der Waals surface area contributed by atoms with Crippen LogP contribution in [0, 0.1) is 5.92 Å². The number of rotatable bonds is 6. The fourth-order valence-electron chi connectivity index (χ4n) is 3.95. The van der Waals surface area contributed by atoms with E-state index in [4.69, 9.17) is 32.7 Å². The van der Waals surface area contributed by atoms with Crippen molar-refractivity contribution in [3.05, 3.63) is 63.6 Å². The SMILES string of the molecule is CCOC(=O)C1=NNC2(c3ccc(Cl)c(Cl)c3)C(=O)N(Cc3ccc(OC)cc3)C(=O)C12. The molecule has 1 fully saturated rings. The van der Waals surface area contributed by atoms with Gasteiger partial charge in [0.15, 0.2) is 11.3 Å². The summed E-state index contributed by atoms with van der Waals surface area (Å²) in [5.74, 6) is -2.43. The number of carbonyl (C=O) groups excluding carboxylic acids is 3. The predicted molar refractivity (Wildman–Crippen MR) is 117 cm³/mol. The predicted octanol–water partition coefficient (Wildman–Crippen LogP) is 2.90. The first kappa shape index (κ1) is 22.1. The molecule has 8 nitrogen and oxygen atoms in total. The second-order valence-corrected chi connectivity index (χ2v) is 8.09. The van der Waals surface area contributed by atoms with E-state index < -0.39 is 29.2 Å². The Labute approximate surface area is 194 Å². The molecule has 2 aliphatic rings. The zero-order valence-electron chi connectivity index (χ0n) is 17.2. The van der Waals surface area contributed by atoms with Gasteiger partial charge in [0.05, 0.1) is 30.3 Å². The van der Waals surface area contributed by atoms with Gasteiger partial charge < -0.3 is 9.47 Å². The molecule has 2 aromatic rings. The van der Waals surface area contributed by atoms with Gasteiger partial charge in [-0.2, -0.15) is 5.10 Å². The summed E-state index contributed by atoms with van der Waals surface area (Å²) in [7, 11) is 1.55. The third-order valence-electron chi connectivity index (χ3n) is 5.51. The Hall–Kier alpha value is -3.10. The first-order valence-corrected chi connectivity index (χ1v) is 10.5. The fourth-order valence-corrected chi connectivity index (χ4v) is 4.25. The number of carbonyl (C=O) groups is 3. The largest absolute Gasteiger partial charge is 0.497 e. The molecule has 0 radical (unpaired) electrons. The van der Waals surface area contributed by atoms with Crippen molar-refractivity contribution in [2.24, 2.45) is 11.0 Å². The van der Waals surface area contributed by atoms with Crippen LogP contribution in [0.15, 0.2) is 47.6 Å². The summed E-state index contributed by atoms with van der Waals surface area (Å²) in [6.07, 6.45) is 0. The minimum absolute atomic E-state index is 0.0129. The van der Waals surface area contributed by atoms with Crippen molar-refractivity contribution < 1.29 is 23.9 Å². The highest BCUT2D eigenvalue weighted by atomic mass is 35.5. The summed E-state index contributed by atoms with van der Waals surface area (Å²) < 4.78 is 10.2. The normalized spacial score (nSPS) is 21.8. The molecule has 2 heterocycles. The number of fused-ring (bicyclic) bond motifs is 1. The van der Waals surface area contributed by atoms with E-state index in [1.807, 2.05) is 0 Å². The maximum absolute atomic E-state index is 13.7. The minimum atomic E-state index is -1.63. The number of imide groups is 1. The number of methoxy groups -OCH3 is 1. The fraction of sp³-hybridized carbons (Fsp3) is 0.273. The smallest absolute Gasteiger partial charge is 0.355 e. The molecule has 0 aliphatic carbocycles. The van der Waals surface area contributed by atoms with Crippen molar-refractivity contribution in [3.8, 4) is 5.75 Å². The van der Waals surface area contributed by atoms with Gasteiger partial charge in [0.2, 0.25) is 5.91 Å². The van der Waals surface area contributed by atoms with E-state index in [0.29, 0.717) is 21.9 Å². The van der Waals surface area contributed by atoms with Crippen molar-refractivity contribution in [3.63, 3.8) is 0 Å². The molecular formula is C22H19Cl2N3O5. The molecule has 2 aliphatic heterocycles. The van der Waals surface area contributed by atoms with Crippen LogP contribution in [0.1, 0.15) is 18.1 Å². The van der Waals surface area contributed by atoms with Crippen LogP contribution < -0.4 is 10.2 Å². The molecule has 1 saturated heterocycles. The highest BCUT2D eigenvalue weighted by Gasteiger charge is 2.66. The molecule has 0 spiro atoms. The lowest BCUT2D eigenvalue weighted by Gasteiger charge is -2.26. The quantitative estimate of drug-likeness (QED) is 0.509. The van der Waals surface area contributed by atoms with Crippen molar-refractivity contribution in [1.29, 1.82) is 0 Å². The molecule has 2 amide bonds. The second-order valence-electron chi connectivity index (χ2n) is 7.28. The summed E-state index contributed by atoms with van der Waals surface area (Å²) in [5, 5.41) is 4.53. The van der Waals surface area contributed by atoms with E-state index in [0.717, 1.165) is 4.90 Å². The van der Waals surface area contributed by atoms with Crippen LogP contribution in [0.2, 0.25) is 10.0 Å². The van der Waals surface area contributed by atoms with Gasteiger partial charge in [-0.1, -0.05) is 41.4 Å². The summed E-state index contributed by atoms with van der Waals surface area (Å²) in [6, 6.07) is 11.6. The van der Waals surface area contributed by atoms with Crippen molar-refractivity contribution >= 4 is 46.7 Å². The second kappa shape index (κ2) is 8.44. The average molecular weight is 476 g/mol. The number of nitrogens with one attached hydrogen (secondary N) is 1. The van der Waals surface area contributed by atoms with Crippen LogP contribution >= 0.6 is 23.2 Å². The maximum atomic E-state index is 13.7. The number of amides is 2. The Kier molecular flexibility index (Phi) is 5.83. The summed E-state index contributed by atoms with van der Waals surface area (Å²) in [6.45, 7) is 1.76. The number of hydrogen-bond donors (Lipinski definition) is 1. The zero-order chi connectivity index (χ0) is 23.0. The highest BCUT2D eigenvalue weighted by molar-refractivity contribution is 6.45. The lowest BCUT2D eigenvalue weighted by molar-refractivity contribution is -0.142. The number of esters is 1. The molecule has 10 heteroatoms. The Bertz CT molecular complexity index is 1130. The zero-order valence-corrected chi connectivity index (χ0v) is 18.7. The van der Waals surface area contributed by atoms with E-state index in [9.17, 15) is 14.4 Å². The van der Waals surface area contributed by atoms with Crippen LogP contribution in [0.5, 0.6) is 5.75 Å². The number of benzene rings is 2. The molecule has 2 atom stereocenters. The first-order valence-electron chi connectivity index (χ1n) is 9.79. The molecule has 2 aromatic carbocycles. The van der Waals surface area contributed by atoms with Gasteiger partial charge in [-0.15, -0.1) is 0 Å². The molecule has 4 rings (SSSR count). The van der Waals surface area contributed by atoms with Gasteiger partial charge in [-0.25, -0.2) is 4.79 Å². The molecule has 0 bridgehead atoms. The van der Waals surface area contributed by atoms with Crippen LogP contribution in [-0.4, -0.2) is 42.1 Å². The topological polar surface area (TPSA) is 97.3 Å². The molecule has 0 saturated carbocycles. The lowest BCUT2D eigenvalue weighted by atomic mass is 9.79. The van der Waals surface area contributed by atoms with Gasteiger partial charge in [-0.3, -0.25) is 19.9 Å². The Balaban J connectivity index is 1.77. The average Bonchev–Trinajstić information content (AvgIpc) is 3.28. The van der Waals surface area contributed by atoms with Gasteiger partial charge in [0.25, 0.3) is 5.91 Å². The van der Waals surface area contributed by atoms with Gasteiger partial charge >= 0.3 is 5.97 Å². The van der Waals surface area contributed by atoms with E-state index in [2.05, 4.69) is 10.5 Å². The third kappa shape index (κ3) is 3.40. The molecule has 32 heavy (non-hydrogen) atoms. The lowest BCUT2D eigenvalue weighted by Crippen LogP contribution is -2.48. The molecule has 0 aromatic heterocycles. The monoisotopic (exact) mass is 475 g/mol. The number of ether oxygens (including phenoxy) is 2. The molecule has 2 unspecified atom stereocenters. The first-order chi connectivity index (χ1) is 15.3. The van der Waals surface area contributed by atoms with Crippen LogP contribution in [0.3, 0.4) is 0 Å². The van der Waals surface area contributed by atoms with E-state index in [-0.39, 0.29) is 23.9 Å². The van der Waals surface area contributed by atoms with E-state index in [1.54, 1.807) is 44.4 Å². The van der Waals surface area contributed by atoms with Gasteiger partial charge in [0.1, 0.15) is 11.7 Å². The Morgan fingerprint density at radius 1 is 1.16 bits per heavy atom. The van der Waals surface area contributed by atoms with Crippen molar-refractivity contribution in [2.45, 2.75) is 19.0 Å². The standard InChI is InChI=1S/C22H19Cl2N3O5/c1-3-32-20(29)18-17-19(28)27(11-12-4-7-14(31-2)8-5-12)21(30)22(17,26-25-18)13-6-9-15(23)16(24)10-13/h4-10,17,26H,3,11H2,1-2H3. The van der Waals surface area contributed by atoms with Crippen LogP contribution in [-0.2, 0) is 31.2 Å². The Morgan fingerprint density at radius 2 is 1.88 bits per heavy atom. The number of halogens is 2. The summed E-state index contributed by atoms with van der Waals surface area (Å²) >= 11 is 12.2. The third-order valence-corrected chi connectivity index (χ3v) is 6.25. The highest BCUT2D eigenvalue weighted by Crippen LogP contribution is 2.45. The number of nitrogens with zero attached hydrogens (tertiary/aromatic N) is 2. The van der Waals surface area contributed by atoms with E-state index >= 15 is 0 Å². The molecule has 166 valence electrons. The summed E-state index contributed by atoms with van der Waals surface area (Å²) in [5.41, 5.74) is 2.05. The van der Waals surface area contributed by atoms with Crippen LogP contribution in [0.4, 0.5) is 0 Å². The Morgan fingerprint density at radius 3 is 2.50 bits per heavy atom. The van der Waals surface area contributed by atoms with Gasteiger partial charge in [-0.05, 0) is 42.3 Å². The molecule has 1 N–H and O–H groups in total. The maximum Gasteiger partial charge on any atom is 0.355 e.